The molecular weight excluding hydrogens is 502 g/mol. The van der Waals surface area contributed by atoms with Gasteiger partial charge in [0.05, 0.1) is 19.8 Å². The van der Waals surface area contributed by atoms with E-state index in [2.05, 4.69) is 24.0 Å². The highest BCUT2D eigenvalue weighted by atomic mass is 35.5. The first-order valence-electron chi connectivity index (χ1n) is 13.6. The van der Waals surface area contributed by atoms with Gasteiger partial charge in [-0.15, -0.1) is 0 Å². The average molecular weight is 540 g/mol. The van der Waals surface area contributed by atoms with Crippen molar-refractivity contribution < 1.29 is 19.4 Å². The summed E-state index contributed by atoms with van der Waals surface area (Å²) in [5.74, 6) is 1.28. The molecule has 0 bridgehead atoms. The molecule has 0 fully saturated rings. The Labute approximate surface area is 230 Å². The number of carbonyl (C=O) groups excluding carboxylic acids is 1. The maximum Gasteiger partial charge on any atom is 0.273 e. The number of methoxy groups -OCH3 is 1. The quantitative estimate of drug-likeness (QED) is 0.220. The first-order chi connectivity index (χ1) is 18.4. The molecule has 2 N–H and O–H groups in total. The minimum absolute atomic E-state index is 0.0706. The molecule has 0 saturated heterocycles. The highest BCUT2D eigenvalue weighted by molar-refractivity contribution is 6.31. The number of hydrogen-bond donors (Lipinski definition) is 2. The van der Waals surface area contributed by atoms with Gasteiger partial charge in [0.2, 0.25) is 0 Å². The maximum absolute atomic E-state index is 13.6. The summed E-state index contributed by atoms with van der Waals surface area (Å²) in [7, 11) is 1.63. The van der Waals surface area contributed by atoms with Gasteiger partial charge in [0.1, 0.15) is 17.1 Å². The van der Waals surface area contributed by atoms with E-state index >= 15 is 0 Å². The molecule has 1 atom stereocenters. The topological polar surface area (TPSA) is 87.7 Å². The SMILES string of the molecule is CCCCCCOc1ccc(C2c3c(-c4cc(Cl)c(C)cc4O)n[nH]c3C(=O)N2CCCCC)cc1OC. The maximum atomic E-state index is 13.6. The lowest BCUT2D eigenvalue weighted by Gasteiger charge is -2.27. The van der Waals surface area contributed by atoms with Gasteiger partial charge in [-0.05, 0) is 55.2 Å². The fraction of sp³-hybridized carbons (Fsp3) is 0.467. The lowest BCUT2D eigenvalue weighted by molar-refractivity contribution is 0.0740. The van der Waals surface area contributed by atoms with E-state index in [1.54, 1.807) is 19.2 Å². The monoisotopic (exact) mass is 539 g/mol. The Balaban J connectivity index is 1.74. The number of phenols is 1. The van der Waals surface area contributed by atoms with Crippen molar-refractivity contribution in [1.82, 2.24) is 15.1 Å². The van der Waals surface area contributed by atoms with Gasteiger partial charge in [-0.1, -0.05) is 63.6 Å². The number of aromatic amines is 1. The van der Waals surface area contributed by atoms with Crippen molar-refractivity contribution in [3.8, 4) is 28.5 Å². The zero-order valence-electron chi connectivity index (χ0n) is 22.8. The Hall–Kier alpha value is -3.19. The van der Waals surface area contributed by atoms with Crippen molar-refractivity contribution in [2.45, 2.75) is 71.8 Å². The zero-order valence-corrected chi connectivity index (χ0v) is 23.5. The number of phenolic OH excluding ortho intramolecular Hbond substituents is 1. The lowest BCUT2D eigenvalue weighted by atomic mass is 9.95. The minimum atomic E-state index is -0.393. The predicted molar refractivity (Wildman–Crippen MR) is 150 cm³/mol. The van der Waals surface area contributed by atoms with E-state index in [1.807, 2.05) is 30.0 Å². The van der Waals surface area contributed by atoms with Gasteiger partial charge in [0.25, 0.3) is 5.91 Å². The fourth-order valence-electron chi connectivity index (χ4n) is 5.05. The molecule has 8 heteroatoms. The summed E-state index contributed by atoms with van der Waals surface area (Å²) < 4.78 is 11.7. The van der Waals surface area contributed by atoms with Crippen LogP contribution >= 0.6 is 11.6 Å². The average Bonchev–Trinajstić information content (AvgIpc) is 3.45. The molecule has 0 saturated carbocycles. The Kier molecular flexibility index (Phi) is 9.21. The molecule has 3 aromatic rings. The molecule has 1 amide bonds. The molecule has 2 aromatic carbocycles. The molecule has 1 unspecified atom stereocenters. The number of rotatable bonds is 13. The van der Waals surface area contributed by atoms with E-state index in [-0.39, 0.29) is 11.7 Å². The van der Waals surface area contributed by atoms with Crippen LogP contribution in [0.3, 0.4) is 0 Å². The molecule has 204 valence electrons. The van der Waals surface area contributed by atoms with E-state index in [0.29, 0.717) is 46.6 Å². The van der Waals surface area contributed by atoms with Crippen molar-refractivity contribution in [3.63, 3.8) is 0 Å². The molecule has 38 heavy (non-hydrogen) atoms. The zero-order chi connectivity index (χ0) is 27.2. The first-order valence-corrected chi connectivity index (χ1v) is 14.0. The van der Waals surface area contributed by atoms with Crippen molar-refractivity contribution in [2.75, 3.05) is 20.3 Å². The van der Waals surface area contributed by atoms with Crippen molar-refractivity contribution in [2.24, 2.45) is 0 Å². The number of halogens is 1. The van der Waals surface area contributed by atoms with Crippen LogP contribution in [0, 0.1) is 6.92 Å². The van der Waals surface area contributed by atoms with Crippen molar-refractivity contribution in [1.29, 1.82) is 0 Å². The Morgan fingerprint density at radius 1 is 1.05 bits per heavy atom. The molecule has 1 aliphatic heterocycles. The Bertz CT molecular complexity index is 1270. The van der Waals surface area contributed by atoms with Crippen LogP contribution in [0.4, 0.5) is 0 Å². The predicted octanol–water partition coefficient (Wildman–Crippen LogP) is 7.45. The van der Waals surface area contributed by atoms with Crippen LogP contribution in [0.1, 0.15) is 92.0 Å². The number of ether oxygens (including phenoxy) is 2. The summed E-state index contributed by atoms with van der Waals surface area (Å²) in [6.45, 7) is 7.40. The number of H-pyrrole nitrogens is 1. The smallest absolute Gasteiger partial charge is 0.273 e. The third-order valence-corrected chi connectivity index (χ3v) is 7.56. The third kappa shape index (κ3) is 5.63. The summed E-state index contributed by atoms with van der Waals surface area (Å²) in [5.41, 5.74) is 3.84. The van der Waals surface area contributed by atoms with Crippen LogP contribution in [0.5, 0.6) is 17.2 Å². The normalized spacial score (nSPS) is 14.7. The molecule has 4 rings (SSSR count). The number of carbonyl (C=O) groups is 1. The summed E-state index contributed by atoms with van der Waals surface area (Å²) in [5, 5.41) is 18.7. The number of aromatic hydroxyl groups is 1. The Morgan fingerprint density at radius 3 is 2.55 bits per heavy atom. The summed E-state index contributed by atoms with van der Waals surface area (Å²) in [4.78, 5) is 15.5. The van der Waals surface area contributed by atoms with Gasteiger partial charge in [-0.2, -0.15) is 5.10 Å². The molecule has 1 aromatic heterocycles. The lowest BCUT2D eigenvalue weighted by Crippen LogP contribution is -2.30. The number of amides is 1. The van der Waals surface area contributed by atoms with Crippen molar-refractivity contribution in [3.05, 3.63) is 57.7 Å². The Morgan fingerprint density at radius 2 is 1.82 bits per heavy atom. The van der Waals surface area contributed by atoms with E-state index in [0.717, 1.165) is 48.8 Å². The number of unbranched alkanes of at least 4 members (excludes halogenated alkanes) is 5. The second-order valence-corrected chi connectivity index (χ2v) is 10.3. The number of nitrogens with zero attached hydrogens (tertiary/aromatic N) is 2. The number of nitrogens with one attached hydrogen (secondary N) is 1. The van der Waals surface area contributed by atoms with Crippen LogP contribution in [0.15, 0.2) is 30.3 Å². The molecule has 0 radical (unpaired) electrons. The molecule has 2 heterocycles. The third-order valence-electron chi connectivity index (χ3n) is 7.16. The van der Waals surface area contributed by atoms with Crippen LogP contribution < -0.4 is 9.47 Å². The number of fused-ring (bicyclic) bond motifs is 1. The van der Waals surface area contributed by atoms with Crippen LogP contribution in [0.25, 0.3) is 11.3 Å². The van der Waals surface area contributed by atoms with Gasteiger partial charge in [0, 0.05) is 22.7 Å². The van der Waals surface area contributed by atoms with Crippen LogP contribution in [-0.2, 0) is 0 Å². The van der Waals surface area contributed by atoms with Gasteiger partial charge in [0.15, 0.2) is 11.5 Å². The highest BCUT2D eigenvalue weighted by Gasteiger charge is 2.42. The summed E-state index contributed by atoms with van der Waals surface area (Å²) >= 11 is 6.42. The van der Waals surface area contributed by atoms with Gasteiger partial charge in [-0.25, -0.2) is 0 Å². The molecule has 0 aliphatic carbocycles. The van der Waals surface area contributed by atoms with Gasteiger partial charge < -0.3 is 19.5 Å². The number of hydrogen-bond acceptors (Lipinski definition) is 5. The van der Waals surface area contributed by atoms with E-state index in [1.165, 1.54) is 12.8 Å². The molecular formula is C30H38ClN3O4. The number of aromatic nitrogens is 2. The van der Waals surface area contributed by atoms with Crippen LogP contribution in [0.2, 0.25) is 5.02 Å². The van der Waals surface area contributed by atoms with Crippen LogP contribution in [-0.4, -0.2) is 46.4 Å². The van der Waals surface area contributed by atoms with E-state index < -0.39 is 6.04 Å². The van der Waals surface area contributed by atoms with Gasteiger partial charge in [-0.3, -0.25) is 9.89 Å². The van der Waals surface area contributed by atoms with E-state index in [9.17, 15) is 9.90 Å². The standard InChI is InChI=1S/C30H38ClN3O4/c1-5-7-9-11-15-38-24-13-12-20(17-25(24)37-4)29-26-27(21-18-22(31)19(3)16-23(21)35)32-33-28(26)30(36)34(29)14-10-8-6-2/h12-13,16-18,29,35H,5-11,14-15H2,1-4H3,(H,32,33). The summed E-state index contributed by atoms with van der Waals surface area (Å²) in [6, 6.07) is 8.79. The number of benzene rings is 2. The number of aryl methyl sites for hydroxylation is 1. The second-order valence-electron chi connectivity index (χ2n) is 9.91. The van der Waals surface area contributed by atoms with Gasteiger partial charge >= 0.3 is 0 Å². The molecule has 1 aliphatic rings. The highest BCUT2D eigenvalue weighted by Crippen LogP contribution is 2.46. The largest absolute Gasteiger partial charge is 0.507 e. The fourth-order valence-corrected chi connectivity index (χ4v) is 5.22. The second kappa shape index (κ2) is 12.6. The molecule has 7 nitrogen and oxygen atoms in total. The van der Waals surface area contributed by atoms with Crippen molar-refractivity contribution >= 4 is 17.5 Å². The minimum Gasteiger partial charge on any atom is -0.507 e. The molecule has 0 spiro atoms. The summed E-state index contributed by atoms with van der Waals surface area (Å²) in [6.07, 6.45) is 7.47. The van der Waals surface area contributed by atoms with E-state index in [4.69, 9.17) is 21.1 Å². The first kappa shape index (κ1) is 27.8.